The van der Waals surface area contributed by atoms with Gasteiger partial charge in [0, 0.05) is 29.4 Å². The number of aryl methyl sites for hydroxylation is 2. The van der Waals surface area contributed by atoms with Gasteiger partial charge in [0.25, 0.3) is 0 Å². The fraction of sp³-hybridized carbons (Fsp3) is 0.722. The first-order chi connectivity index (χ1) is 12.0. The van der Waals surface area contributed by atoms with Crippen LogP contribution in [0, 0.1) is 19.8 Å². The number of thioether (sulfide) groups is 1. The monoisotopic (exact) mass is 364 g/mol. The van der Waals surface area contributed by atoms with Crippen molar-refractivity contribution in [3.05, 3.63) is 17.5 Å². The van der Waals surface area contributed by atoms with E-state index in [1.165, 1.54) is 0 Å². The molecule has 2 fully saturated rings. The highest BCUT2D eigenvalue weighted by Gasteiger charge is 2.29. The average Bonchev–Trinajstić information content (AvgIpc) is 3.18. The van der Waals surface area contributed by atoms with Crippen molar-refractivity contribution in [2.45, 2.75) is 64.6 Å². The minimum atomic E-state index is 0.00193. The van der Waals surface area contributed by atoms with Gasteiger partial charge >= 0.3 is 0 Å². The fourth-order valence-corrected chi connectivity index (χ4v) is 4.86. The molecule has 1 saturated heterocycles. The summed E-state index contributed by atoms with van der Waals surface area (Å²) in [4.78, 5) is 24.6. The summed E-state index contributed by atoms with van der Waals surface area (Å²) in [6, 6.07) is 2.51. The van der Waals surface area contributed by atoms with E-state index in [4.69, 9.17) is 0 Å². The van der Waals surface area contributed by atoms with Gasteiger partial charge in [-0.2, -0.15) is 16.9 Å². The van der Waals surface area contributed by atoms with Gasteiger partial charge < -0.3 is 10.6 Å². The Morgan fingerprint density at radius 2 is 1.92 bits per heavy atom. The van der Waals surface area contributed by atoms with E-state index in [-0.39, 0.29) is 30.3 Å². The van der Waals surface area contributed by atoms with Crippen molar-refractivity contribution in [3.63, 3.8) is 0 Å². The van der Waals surface area contributed by atoms with Crippen LogP contribution in [0.5, 0.6) is 0 Å². The van der Waals surface area contributed by atoms with Gasteiger partial charge in [0.2, 0.25) is 11.8 Å². The van der Waals surface area contributed by atoms with Crippen molar-refractivity contribution in [2.24, 2.45) is 5.92 Å². The number of nitrogens with zero attached hydrogens (tertiary/aromatic N) is 2. The van der Waals surface area contributed by atoms with Gasteiger partial charge in [-0.05, 0) is 57.8 Å². The largest absolute Gasteiger partial charge is 0.352 e. The number of amides is 2. The third kappa shape index (κ3) is 5.00. The Bertz CT molecular complexity index is 617. The summed E-state index contributed by atoms with van der Waals surface area (Å²) in [5.74, 6) is 2.51. The van der Waals surface area contributed by atoms with Gasteiger partial charge in [0.05, 0.1) is 5.69 Å². The average molecular weight is 365 g/mol. The molecule has 138 valence electrons. The summed E-state index contributed by atoms with van der Waals surface area (Å²) in [6.07, 6.45) is 4.56. The summed E-state index contributed by atoms with van der Waals surface area (Å²) in [7, 11) is 0. The number of carbonyl (C=O) groups is 2. The molecule has 1 saturated carbocycles. The van der Waals surface area contributed by atoms with Crippen LogP contribution in [-0.2, 0) is 16.1 Å². The molecule has 2 amide bonds. The molecule has 3 rings (SSSR count). The molecule has 0 spiro atoms. The Labute approximate surface area is 153 Å². The molecule has 1 aliphatic carbocycles. The minimum absolute atomic E-state index is 0.00193. The van der Waals surface area contributed by atoms with E-state index < -0.39 is 0 Å². The highest BCUT2D eigenvalue weighted by atomic mass is 32.2. The van der Waals surface area contributed by atoms with Gasteiger partial charge in [-0.1, -0.05) is 0 Å². The lowest BCUT2D eigenvalue weighted by molar-refractivity contribution is -0.126. The topological polar surface area (TPSA) is 76.0 Å². The molecule has 1 unspecified atom stereocenters. The maximum Gasteiger partial charge on any atom is 0.241 e. The van der Waals surface area contributed by atoms with E-state index in [0.717, 1.165) is 55.0 Å². The van der Waals surface area contributed by atoms with Gasteiger partial charge in [-0.15, -0.1) is 0 Å². The highest BCUT2D eigenvalue weighted by Crippen LogP contribution is 2.25. The quantitative estimate of drug-likeness (QED) is 0.835. The summed E-state index contributed by atoms with van der Waals surface area (Å²) >= 11 is 1.91. The summed E-state index contributed by atoms with van der Waals surface area (Å²) in [5, 5.41) is 10.6. The first-order valence-corrected chi connectivity index (χ1v) is 10.4. The molecule has 1 aliphatic heterocycles. The first-order valence-electron chi connectivity index (χ1n) is 9.20. The van der Waals surface area contributed by atoms with Crippen molar-refractivity contribution >= 4 is 23.6 Å². The molecule has 1 atom stereocenters. The van der Waals surface area contributed by atoms with E-state index in [2.05, 4.69) is 15.7 Å². The van der Waals surface area contributed by atoms with Gasteiger partial charge in [-0.3, -0.25) is 14.3 Å². The van der Waals surface area contributed by atoms with E-state index >= 15 is 0 Å². The van der Waals surface area contributed by atoms with Gasteiger partial charge in [0.15, 0.2) is 0 Å². The van der Waals surface area contributed by atoms with Crippen LogP contribution in [-0.4, -0.2) is 45.2 Å². The predicted octanol–water partition coefficient (Wildman–Crippen LogP) is 1.80. The van der Waals surface area contributed by atoms with Crippen LogP contribution in [0.1, 0.15) is 43.5 Å². The van der Waals surface area contributed by atoms with Crippen LogP contribution in [0.3, 0.4) is 0 Å². The number of rotatable bonds is 5. The fourth-order valence-electron chi connectivity index (χ4n) is 3.71. The van der Waals surface area contributed by atoms with Gasteiger partial charge in [0.1, 0.15) is 6.54 Å². The molecule has 25 heavy (non-hydrogen) atoms. The Morgan fingerprint density at radius 1 is 1.16 bits per heavy atom. The number of nitrogens with one attached hydrogen (secondary N) is 2. The molecular weight excluding hydrogens is 336 g/mol. The Kier molecular flexibility index (Phi) is 6.04. The van der Waals surface area contributed by atoms with Gasteiger partial charge in [-0.25, -0.2) is 0 Å². The number of carbonyl (C=O) groups excluding carboxylic acids is 2. The van der Waals surface area contributed by atoms with Crippen molar-refractivity contribution in [3.8, 4) is 0 Å². The molecule has 0 aromatic carbocycles. The maximum atomic E-state index is 12.3. The second-order valence-corrected chi connectivity index (χ2v) is 8.42. The molecule has 7 heteroatoms. The van der Waals surface area contributed by atoms with Crippen LogP contribution < -0.4 is 10.6 Å². The van der Waals surface area contributed by atoms with E-state index in [0.29, 0.717) is 6.04 Å². The highest BCUT2D eigenvalue weighted by molar-refractivity contribution is 7.99. The summed E-state index contributed by atoms with van der Waals surface area (Å²) in [6.45, 7) is 4.15. The second-order valence-electron chi connectivity index (χ2n) is 7.27. The van der Waals surface area contributed by atoms with E-state index in [9.17, 15) is 9.59 Å². The lowest BCUT2D eigenvalue weighted by Gasteiger charge is -2.29. The lowest BCUT2D eigenvalue weighted by atomic mass is 9.85. The maximum absolute atomic E-state index is 12.3. The third-order valence-electron chi connectivity index (χ3n) is 5.14. The van der Waals surface area contributed by atoms with Crippen LogP contribution in [0.15, 0.2) is 6.07 Å². The Morgan fingerprint density at radius 3 is 2.52 bits per heavy atom. The summed E-state index contributed by atoms with van der Waals surface area (Å²) in [5.41, 5.74) is 1.93. The van der Waals surface area contributed by atoms with Crippen LogP contribution >= 0.6 is 11.8 Å². The van der Waals surface area contributed by atoms with Crippen LogP contribution in [0.25, 0.3) is 0 Å². The summed E-state index contributed by atoms with van der Waals surface area (Å²) < 4.78 is 1.74. The smallest absolute Gasteiger partial charge is 0.241 e. The molecule has 0 bridgehead atoms. The van der Waals surface area contributed by atoms with Crippen molar-refractivity contribution in [1.29, 1.82) is 0 Å². The van der Waals surface area contributed by atoms with Crippen molar-refractivity contribution in [2.75, 3.05) is 11.5 Å². The van der Waals surface area contributed by atoms with E-state index in [1.807, 2.05) is 31.7 Å². The minimum Gasteiger partial charge on any atom is -0.352 e. The lowest BCUT2D eigenvalue weighted by Crippen LogP contribution is -2.44. The van der Waals surface area contributed by atoms with E-state index in [1.54, 1.807) is 4.68 Å². The molecule has 1 aromatic rings. The molecule has 6 nitrogen and oxygen atoms in total. The Balaban J connectivity index is 1.40. The standard InChI is InChI=1S/C18H28N4O2S/c1-12-9-13(2)22(21-12)10-17(23)19-15-5-3-14(4-6-15)18(24)20-16-7-8-25-11-16/h9,14-16H,3-8,10-11H2,1-2H3,(H,19,23)(H,20,24). The van der Waals surface area contributed by atoms with Crippen LogP contribution in [0.4, 0.5) is 0 Å². The van der Waals surface area contributed by atoms with Crippen molar-refractivity contribution in [1.82, 2.24) is 20.4 Å². The zero-order valence-electron chi connectivity index (χ0n) is 15.1. The van der Waals surface area contributed by atoms with Crippen molar-refractivity contribution < 1.29 is 9.59 Å². The third-order valence-corrected chi connectivity index (χ3v) is 6.30. The second kappa shape index (κ2) is 8.25. The predicted molar refractivity (Wildman–Crippen MR) is 99.5 cm³/mol. The molecule has 2 heterocycles. The SMILES string of the molecule is Cc1cc(C)n(CC(=O)NC2CCC(C(=O)NC3CCSC3)CC2)n1. The molecule has 2 aliphatic rings. The molecule has 1 aromatic heterocycles. The number of hydrogen-bond donors (Lipinski definition) is 2. The number of hydrogen-bond acceptors (Lipinski definition) is 4. The molecule has 0 radical (unpaired) electrons. The first kappa shape index (κ1) is 18.3. The molecular formula is C18H28N4O2S. The normalized spacial score (nSPS) is 26.4. The Hall–Kier alpha value is -1.50. The molecule has 2 N–H and O–H groups in total. The zero-order valence-corrected chi connectivity index (χ0v) is 15.9. The zero-order chi connectivity index (χ0) is 17.8. The number of aromatic nitrogens is 2. The van der Waals surface area contributed by atoms with Crippen LogP contribution in [0.2, 0.25) is 0 Å².